The van der Waals surface area contributed by atoms with E-state index in [4.69, 9.17) is 4.74 Å². The Bertz CT molecular complexity index is 503. The summed E-state index contributed by atoms with van der Waals surface area (Å²) >= 11 is 0. The smallest absolute Gasteiger partial charge is 0.305 e. The molecule has 0 fully saturated rings. The Morgan fingerprint density at radius 3 is 2.65 bits per heavy atom. The van der Waals surface area contributed by atoms with Crippen molar-refractivity contribution in [2.45, 2.75) is 26.7 Å². The predicted molar refractivity (Wildman–Crippen MR) is 77.1 cm³/mol. The van der Waals surface area contributed by atoms with Crippen molar-refractivity contribution in [3.63, 3.8) is 0 Å². The van der Waals surface area contributed by atoms with Gasteiger partial charge in [0.05, 0.1) is 7.11 Å². The van der Waals surface area contributed by atoms with Crippen LogP contribution in [0.1, 0.15) is 31.4 Å². The van der Waals surface area contributed by atoms with Crippen LogP contribution in [0.5, 0.6) is 0 Å². The second-order valence-electron chi connectivity index (χ2n) is 4.47. The molecule has 4 heteroatoms. The minimum absolute atomic E-state index is 0.211. The quantitative estimate of drug-likeness (QED) is 0.750. The van der Waals surface area contributed by atoms with Crippen molar-refractivity contribution in [1.29, 1.82) is 0 Å². The Balaban J connectivity index is 2.66. The van der Waals surface area contributed by atoms with Crippen LogP contribution in [0.4, 0.5) is 0 Å². The third-order valence-electron chi connectivity index (χ3n) is 2.90. The molecule has 0 atom stereocenters. The van der Waals surface area contributed by atoms with Gasteiger partial charge >= 0.3 is 11.9 Å². The molecule has 0 unspecified atom stereocenters. The van der Waals surface area contributed by atoms with E-state index in [0.717, 1.165) is 16.7 Å². The van der Waals surface area contributed by atoms with Crippen molar-refractivity contribution in [3.05, 3.63) is 41.5 Å². The molecule has 0 N–H and O–H groups in total. The fraction of sp³-hybridized carbons (Fsp3) is 0.375. The van der Waals surface area contributed by atoms with Crippen molar-refractivity contribution in [2.75, 3.05) is 13.7 Å². The summed E-state index contributed by atoms with van der Waals surface area (Å²) in [7, 11) is 1.39. The number of carbonyl (C=O) groups is 2. The van der Waals surface area contributed by atoms with E-state index in [1.54, 1.807) is 0 Å². The molecule has 0 spiro atoms. The van der Waals surface area contributed by atoms with Crippen LogP contribution in [-0.2, 0) is 25.5 Å². The second kappa shape index (κ2) is 8.15. The number of methoxy groups -OCH3 is 1. The highest BCUT2D eigenvalue weighted by molar-refractivity contribution is 5.70. The average Bonchev–Trinajstić information content (AvgIpc) is 2.44. The number of aryl methyl sites for hydroxylation is 1. The van der Waals surface area contributed by atoms with Crippen molar-refractivity contribution in [1.82, 2.24) is 0 Å². The maximum atomic E-state index is 11.1. The van der Waals surface area contributed by atoms with Crippen molar-refractivity contribution >= 4 is 17.5 Å². The van der Waals surface area contributed by atoms with Crippen molar-refractivity contribution in [3.8, 4) is 0 Å². The van der Waals surface area contributed by atoms with Gasteiger partial charge in [-0.15, -0.1) is 0 Å². The van der Waals surface area contributed by atoms with Gasteiger partial charge in [-0.05, 0) is 36.1 Å². The van der Waals surface area contributed by atoms with Gasteiger partial charge in [0.1, 0.15) is 6.61 Å². The van der Waals surface area contributed by atoms with Crippen LogP contribution < -0.4 is 0 Å². The fourth-order valence-corrected chi connectivity index (χ4v) is 1.72. The van der Waals surface area contributed by atoms with Gasteiger partial charge < -0.3 is 9.47 Å². The fourth-order valence-electron chi connectivity index (χ4n) is 1.72. The minimum atomic E-state index is -0.291. The lowest BCUT2D eigenvalue weighted by Gasteiger charge is -2.06. The van der Waals surface area contributed by atoms with E-state index in [9.17, 15) is 9.59 Å². The average molecular weight is 276 g/mol. The number of hydrogen-bond acceptors (Lipinski definition) is 4. The molecule has 0 radical (unpaired) electrons. The lowest BCUT2D eigenvalue weighted by Crippen LogP contribution is -2.02. The van der Waals surface area contributed by atoms with E-state index in [1.807, 2.05) is 37.3 Å². The van der Waals surface area contributed by atoms with Gasteiger partial charge in [-0.25, -0.2) is 0 Å². The molecule has 4 nitrogen and oxygen atoms in total. The molecule has 0 saturated carbocycles. The normalized spacial score (nSPS) is 11.1. The van der Waals surface area contributed by atoms with Crippen LogP contribution in [0.2, 0.25) is 0 Å². The molecular weight excluding hydrogens is 256 g/mol. The summed E-state index contributed by atoms with van der Waals surface area (Å²) in [6, 6.07) is 7.95. The molecule has 0 amide bonds. The van der Waals surface area contributed by atoms with Crippen LogP contribution in [0.3, 0.4) is 0 Å². The zero-order valence-corrected chi connectivity index (χ0v) is 12.1. The Labute approximate surface area is 119 Å². The van der Waals surface area contributed by atoms with E-state index in [1.165, 1.54) is 14.0 Å². The zero-order chi connectivity index (χ0) is 15.0. The van der Waals surface area contributed by atoms with Crippen LogP contribution >= 0.6 is 0 Å². The molecular formula is C16H20O4. The SMILES string of the molecule is COC(=O)CCc1cccc(C(C)=CCOC(C)=O)c1. The third kappa shape index (κ3) is 5.69. The highest BCUT2D eigenvalue weighted by Gasteiger charge is 2.03. The topological polar surface area (TPSA) is 52.6 Å². The van der Waals surface area contributed by atoms with Gasteiger partial charge in [0.25, 0.3) is 0 Å². The van der Waals surface area contributed by atoms with Gasteiger partial charge in [0, 0.05) is 13.3 Å². The first kappa shape index (κ1) is 16.0. The zero-order valence-electron chi connectivity index (χ0n) is 12.1. The summed E-state index contributed by atoms with van der Waals surface area (Å²) in [5, 5.41) is 0. The number of esters is 2. The number of carbonyl (C=O) groups excluding carboxylic acids is 2. The van der Waals surface area contributed by atoms with Crippen molar-refractivity contribution in [2.24, 2.45) is 0 Å². The van der Waals surface area contributed by atoms with E-state index >= 15 is 0 Å². The van der Waals surface area contributed by atoms with E-state index in [2.05, 4.69) is 4.74 Å². The lowest BCUT2D eigenvalue weighted by molar-refractivity contribution is -0.141. The van der Waals surface area contributed by atoms with Gasteiger partial charge in [-0.3, -0.25) is 9.59 Å². The van der Waals surface area contributed by atoms with Crippen molar-refractivity contribution < 1.29 is 19.1 Å². The molecule has 0 aliphatic rings. The molecule has 0 saturated heterocycles. The minimum Gasteiger partial charge on any atom is -0.469 e. The summed E-state index contributed by atoms with van der Waals surface area (Å²) in [6.07, 6.45) is 2.88. The summed E-state index contributed by atoms with van der Waals surface area (Å²) in [5.41, 5.74) is 3.17. The monoisotopic (exact) mass is 276 g/mol. The summed E-state index contributed by atoms with van der Waals surface area (Å²) in [4.78, 5) is 21.8. The summed E-state index contributed by atoms with van der Waals surface area (Å²) < 4.78 is 9.51. The molecule has 0 bridgehead atoms. The standard InChI is InChI=1S/C16H20O4/c1-12(9-10-20-13(2)17)15-6-4-5-14(11-15)7-8-16(18)19-3/h4-6,9,11H,7-8,10H2,1-3H3. The highest BCUT2D eigenvalue weighted by atomic mass is 16.5. The number of rotatable bonds is 6. The van der Waals surface area contributed by atoms with E-state index < -0.39 is 0 Å². The van der Waals surface area contributed by atoms with Crippen LogP contribution in [0.15, 0.2) is 30.3 Å². The Morgan fingerprint density at radius 1 is 1.25 bits per heavy atom. The molecule has 0 aliphatic heterocycles. The largest absolute Gasteiger partial charge is 0.469 e. The van der Waals surface area contributed by atoms with Crippen LogP contribution in [-0.4, -0.2) is 25.7 Å². The van der Waals surface area contributed by atoms with Gasteiger partial charge in [-0.1, -0.05) is 24.3 Å². The second-order valence-corrected chi connectivity index (χ2v) is 4.47. The predicted octanol–water partition coefficient (Wildman–Crippen LogP) is 2.76. The molecule has 0 heterocycles. The molecule has 1 aromatic carbocycles. The van der Waals surface area contributed by atoms with Gasteiger partial charge in [-0.2, -0.15) is 0 Å². The van der Waals surface area contributed by atoms with Gasteiger partial charge in [0.2, 0.25) is 0 Å². The Hall–Kier alpha value is -2.10. The maximum absolute atomic E-state index is 11.1. The molecule has 1 aromatic rings. The van der Waals surface area contributed by atoms with Crippen LogP contribution in [0, 0.1) is 0 Å². The highest BCUT2D eigenvalue weighted by Crippen LogP contribution is 2.16. The summed E-state index contributed by atoms with van der Waals surface area (Å²) in [6.45, 7) is 3.62. The molecule has 0 aromatic heterocycles. The summed E-state index contributed by atoms with van der Waals surface area (Å²) in [5.74, 6) is -0.501. The third-order valence-corrected chi connectivity index (χ3v) is 2.90. The lowest BCUT2D eigenvalue weighted by atomic mass is 10.0. The molecule has 20 heavy (non-hydrogen) atoms. The first-order valence-electron chi connectivity index (χ1n) is 6.49. The number of benzene rings is 1. The number of allylic oxidation sites excluding steroid dienone is 1. The Morgan fingerprint density at radius 2 is 2.00 bits per heavy atom. The first-order chi connectivity index (χ1) is 9.52. The van der Waals surface area contributed by atoms with E-state index in [0.29, 0.717) is 12.8 Å². The Kier molecular flexibility index (Phi) is 6.50. The van der Waals surface area contributed by atoms with E-state index in [-0.39, 0.29) is 18.5 Å². The number of ether oxygens (including phenoxy) is 2. The molecule has 0 aliphatic carbocycles. The van der Waals surface area contributed by atoms with Gasteiger partial charge in [0.15, 0.2) is 0 Å². The van der Waals surface area contributed by atoms with Crippen LogP contribution in [0.25, 0.3) is 5.57 Å². The maximum Gasteiger partial charge on any atom is 0.305 e. The molecule has 1 rings (SSSR count). The first-order valence-corrected chi connectivity index (χ1v) is 6.49. The molecule has 108 valence electrons. The number of hydrogen-bond donors (Lipinski definition) is 0.